The van der Waals surface area contributed by atoms with Crippen LogP contribution in [0.2, 0.25) is 0 Å². The Bertz CT molecular complexity index is 416. The maximum absolute atomic E-state index is 12.3. The van der Waals surface area contributed by atoms with Crippen LogP contribution in [0.25, 0.3) is 0 Å². The minimum Gasteiger partial charge on any atom is -0.391 e. The molecule has 0 aromatic rings. The van der Waals surface area contributed by atoms with E-state index in [1.54, 1.807) is 0 Å². The SMILES string of the molecule is CC(C)[C@H](N)C(=O)NC[C@H](O)CC1(P(C)(=O)O)CCCCC1. The molecule has 1 saturated carbocycles. The van der Waals surface area contributed by atoms with Crippen molar-refractivity contribution in [2.24, 2.45) is 11.7 Å². The molecule has 0 aliphatic heterocycles. The highest BCUT2D eigenvalue weighted by atomic mass is 31.2. The Morgan fingerprint density at radius 1 is 1.32 bits per heavy atom. The Morgan fingerprint density at radius 2 is 1.86 bits per heavy atom. The number of amides is 1. The number of rotatable bonds is 7. The van der Waals surface area contributed by atoms with Gasteiger partial charge in [0.2, 0.25) is 13.3 Å². The summed E-state index contributed by atoms with van der Waals surface area (Å²) in [6.45, 7) is 5.17. The molecule has 3 atom stereocenters. The molecule has 1 amide bonds. The summed E-state index contributed by atoms with van der Waals surface area (Å²) in [6, 6.07) is -0.606. The molecule has 5 N–H and O–H groups in total. The summed E-state index contributed by atoms with van der Waals surface area (Å²) >= 11 is 0. The summed E-state index contributed by atoms with van der Waals surface area (Å²) in [5.74, 6) is -0.273. The van der Waals surface area contributed by atoms with E-state index in [1.807, 2.05) is 13.8 Å². The third-order valence-corrected chi connectivity index (χ3v) is 7.20. The molecular weight excluding hydrogens is 303 g/mol. The molecule has 1 aliphatic carbocycles. The van der Waals surface area contributed by atoms with E-state index in [2.05, 4.69) is 5.32 Å². The van der Waals surface area contributed by atoms with Gasteiger partial charge in [0.05, 0.1) is 12.1 Å². The van der Waals surface area contributed by atoms with Gasteiger partial charge in [-0.3, -0.25) is 9.36 Å². The third-order valence-electron chi connectivity index (χ3n) is 4.81. The Balaban J connectivity index is 2.60. The van der Waals surface area contributed by atoms with Crippen molar-refractivity contribution >= 4 is 13.3 Å². The summed E-state index contributed by atoms with van der Waals surface area (Å²) in [7, 11) is -3.31. The van der Waals surface area contributed by atoms with E-state index in [0.717, 1.165) is 19.3 Å². The normalized spacial score (nSPS) is 23.6. The first-order chi connectivity index (χ1) is 10.1. The first-order valence-corrected chi connectivity index (χ1v) is 10.2. The summed E-state index contributed by atoms with van der Waals surface area (Å²) in [5.41, 5.74) is 5.75. The summed E-state index contributed by atoms with van der Waals surface area (Å²) < 4.78 is 12.3. The third kappa shape index (κ3) is 5.05. The lowest BCUT2D eigenvalue weighted by Crippen LogP contribution is -2.47. The maximum atomic E-state index is 12.3. The fourth-order valence-electron chi connectivity index (χ4n) is 3.15. The predicted molar refractivity (Wildman–Crippen MR) is 88.0 cm³/mol. The van der Waals surface area contributed by atoms with Crippen LogP contribution in [0.5, 0.6) is 0 Å². The first kappa shape index (κ1) is 19.6. The maximum Gasteiger partial charge on any atom is 0.237 e. The molecule has 130 valence electrons. The van der Waals surface area contributed by atoms with Gasteiger partial charge in [-0.05, 0) is 25.2 Å². The quantitative estimate of drug-likeness (QED) is 0.526. The zero-order chi connectivity index (χ0) is 17.0. The number of hydrogen-bond acceptors (Lipinski definition) is 4. The van der Waals surface area contributed by atoms with Gasteiger partial charge in [-0.2, -0.15) is 0 Å². The molecule has 0 aromatic heterocycles. The smallest absolute Gasteiger partial charge is 0.237 e. The van der Waals surface area contributed by atoms with E-state index >= 15 is 0 Å². The fourth-order valence-corrected chi connectivity index (χ4v) is 4.84. The van der Waals surface area contributed by atoms with Crippen molar-refractivity contribution in [3.63, 3.8) is 0 Å². The topological polar surface area (TPSA) is 113 Å². The van der Waals surface area contributed by atoms with Gasteiger partial charge in [-0.25, -0.2) is 0 Å². The molecule has 1 rings (SSSR count). The van der Waals surface area contributed by atoms with Crippen LogP contribution in [0.15, 0.2) is 0 Å². The molecule has 7 heteroatoms. The van der Waals surface area contributed by atoms with E-state index in [4.69, 9.17) is 5.73 Å². The largest absolute Gasteiger partial charge is 0.391 e. The molecule has 0 spiro atoms. The van der Waals surface area contributed by atoms with Crippen molar-refractivity contribution in [1.29, 1.82) is 0 Å². The van der Waals surface area contributed by atoms with Crippen LogP contribution in [-0.2, 0) is 9.36 Å². The molecule has 0 bridgehead atoms. The van der Waals surface area contributed by atoms with Crippen LogP contribution in [0, 0.1) is 5.92 Å². The standard InChI is InChI=1S/C15H31N2O4P/c1-11(2)13(16)14(19)17-10-12(18)9-15(22(3,20)21)7-5-4-6-8-15/h11-13,18H,4-10,16H2,1-3H3,(H,17,19)(H,20,21)/t12-,13+/m1/s1. The Morgan fingerprint density at radius 3 is 2.32 bits per heavy atom. The van der Waals surface area contributed by atoms with Crippen molar-refractivity contribution in [2.45, 2.75) is 69.7 Å². The molecule has 1 aliphatic rings. The lowest BCUT2D eigenvalue weighted by Gasteiger charge is -2.40. The van der Waals surface area contributed by atoms with Crippen molar-refractivity contribution < 1.29 is 19.4 Å². The minimum absolute atomic E-state index is 0.0233. The highest BCUT2D eigenvalue weighted by Crippen LogP contribution is 2.60. The van der Waals surface area contributed by atoms with E-state index in [0.29, 0.717) is 12.8 Å². The second-order valence-electron chi connectivity index (χ2n) is 7.04. The van der Waals surface area contributed by atoms with Gasteiger partial charge in [0.1, 0.15) is 0 Å². The minimum atomic E-state index is -3.31. The Labute approximate surface area is 133 Å². The second-order valence-corrected chi connectivity index (χ2v) is 9.74. The summed E-state index contributed by atoms with van der Waals surface area (Å²) in [5, 5.41) is 12.1. The monoisotopic (exact) mass is 334 g/mol. The van der Waals surface area contributed by atoms with Crippen LogP contribution in [0.1, 0.15) is 52.4 Å². The molecule has 1 fully saturated rings. The van der Waals surface area contributed by atoms with Crippen LogP contribution < -0.4 is 11.1 Å². The molecule has 22 heavy (non-hydrogen) atoms. The zero-order valence-corrected chi connectivity index (χ0v) is 14.8. The Kier molecular flexibility index (Phi) is 7.06. The van der Waals surface area contributed by atoms with E-state index in [9.17, 15) is 19.4 Å². The Hall–Kier alpha value is -0.420. The van der Waals surface area contributed by atoms with Gasteiger partial charge < -0.3 is 21.1 Å². The molecule has 0 aromatic carbocycles. The van der Waals surface area contributed by atoms with E-state index < -0.39 is 24.7 Å². The van der Waals surface area contributed by atoms with Crippen molar-refractivity contribution in [3.8, 4) is 0 Å². The lowest BCUT2D eigenvalue weighted by atomic mass is 9.84. The first-order valence-electron chi connectivity index (χ1n) is 8.11. The number of nitrogens with one attached hydrogen (secondary N) is 1. The average molecular weight is 334 g/mol. The highest BCUT2D eigenvalue weighted by molar-refractivity contribution is 7.58. The number of carbonyl (C=O) groups is 1. The summed E-state index contributed by atoms with van der Waals surface area (Å²) in [6.07, 6.45) is 3.63. The number of aliphatic hydroxyl groups is 1. The van der Waals surface area contributed by atoms with Gasteiger partial charge >= 0.3 is 0 Å². The van der Waals surface area contributed by atoms with Crippen LogP contribution >= 0.6 is 7.37 Å². The van der Waals surface area contributed by atoms with Crippen molar-refractivity contribution in [1.82, 2.24) is 5.32 Å². The lowest BCUT2D eigenvalue weighted by molar-refractivity contribution is -0.123. The van der Waals surface area contributed by atoms with Gasteiger partial charge in [0, 0.05) is 18.4 Å². The molecule has 0 saturated heterocycles. The van der Waals surface area contributed by atoms with Crippen molar-refractivity contribution in [2.75, 3.05) is 13.2 Å². The van der Waals surface area contributed by atoms with Crippen molar-refractivity contribution in [3.05, 3.63) is 0 Å². The molecule has 0 radical (unpaired) electrons. The predicted octanol–water partition coefficient (Wildman–Crippen LogP) is 1.44. The van der Waals surface area contributed by atoms with Crippen LogP contribution in [0.4, 0.5) is 0 Å². The second kappa shape index (κ2) is 7.91. The molecular formula is C15H31N2O4P. The van der Waals surface area contributed by atoms with Gasteiger partial charge in [0.25, 0.3) is 0 Å². The molecule has 6 nitrogen and oxygen atoms in total. The van der Waals surface area contributed by atoms with Gasteiger partial charge in [0.15, 0.2) is 0 Å². The van der Waals surface area contributed by atoms with E-state index in [1.165, 1.54) is 6.66 Å². The molecule has 1 unspecified atom stereocenters. The van der Waals surface area contributed by atoms with E-state index in [-0.39, 0.29) is 24.8 Å². The van der Waals surface area contributed by atoms with Crippen LogP contribution in [0.3, 0.4) is 0 Å². The molecule has 0 heterocycles. The fraction of sp³-hybridized carbons (Fsp3) is 0.933. The van der Waals surface area contributed by atoms with Gasteiger partial charge in [-0.15, -0.1) is 0 Å². The number of nitrogens with two attached hydrogens (primary N) is 1. The van der Waals surface area contributed by atoms with Crippen LogP contribution in [-0.4, -0.2) is 46.4 Å². The zero-order valence-electron chi connectivity index (χ0n) is 13.9. The summed E-state index contributed by atoms with van der Waals surface area (Å²) in [4.78, 5) is 21.9. The highest BCUT2D eigenvalue weighted by Gasteiger charge is 2.45. The number of hydrogen-bond donors (Lipinski definition) is 4. The van der Waals surface area contributed by atoms with Gasteiger partial charge in [-0.1, -0.05) is 33.1 Å². The average Bonchev–Trinajstić information content (AvgIpc) is 2.43. The number of carbonyl (C=O) groups excluding carboxylic acids is 1. The number of aliphatic hydroxyl groups excluding tert-OH is 1.